The number of anilines is 1. The molecule has 1 atom stereocenters. The zero-order chi connectivity index (χ0) is 22.5. The van der Waals surface area contributed by atoms with Crippen molar-refractivity contribution in [2.24, 2.45) is 4.99 Å². The number of amides is 4. The molecule has 1 aromatic rings. The van der Waals surface area contributed by atoms with Crippen LogP contribution in [-0.2, 0) is 9.59 Å². The summed E-state index contributed by atoms with van der Waals surface area (Å²) in [5.41, 5.74) is 3.51. The Labute approximate surface area is 188 Å². The molecule has 2 aliphatic heterocycles. The molecule has 2 fully saturated rings. The van der Waals surface area contributed by atoms with Crippen molar-refractivity contribution in [2.75, 3.05) is 18.1 Å². The number of hydrogen-bond donors (Lipinski definition) is 3. The third kappa shape index (κ3) is 5.20. The first-order valence-corrected chi connectivity index (χ1v) is 11.6. The third-order valence-corrected chi connectivity index (χ3v) is 6.40. The van der Waals surface area contributed by atoms with Crippen molar-refractivity contribution in [3.63, 3.8) is 0 Å². The Hall–Kier alpha value is -3.10. The predicted molar refractivity (Wildman–Crippen MR) is 122 cm³/mol. The second-order valence-electron chi connectivity index (χ2n) is 8.79. The van der Waals surface area contributed by atoms with Crippen LogP contribution in [0.15, 0.2) is 35.3 Å². The molecule has 3 N–H and O–H groups in total. The van der Waals surface area contributed by atoms with Crippen LogP contribution in [0.25, 0.3) is 0 Å². The van der Waals surface area contributed by atoms with Gasteiger partial charge in [0.05, 0.1) is 5.69 Å². The number of benzene rings is 1. The van der Waals surface area contributed by atoms with Crippen LogP contribution in [-0.4, -0.2) is 59.8 Å². The molecular weight excluding hydrogens is 408 g/mol. The van der Waals surface area contributed by atoms with Crippen molar-refractivity contribution in [3.05, 3.63) is 30.3 Å². The molecule has 1 aliphatic carbocycles. The Morgan fingerprint density at radius 3 is 2.31 bits per heavy atom. The number of rotatable bonds is 4. The quantitative estimate of drug-likeness (QED) is 0.665. The van der Waals surface area contributed by atoms with Gasteiger partial charge in [-0.25, -0.2) is 14.8 Å². The second-order valence-corrected chi connectivity index (χ2v) is 8.79. The maximum absolute atomic E-state index is 12.8. The molecule has 0 bridgehead atoms. The van der Waals surface area contributed by atoms with Crippen LogP contribution in [0.5, 0.6) is 0 Å². The molecular formula is C23H32N6O3. The number of para-hydroxylation sites is 1. The Morgan fingerprint density at radius 2 is 1.62 bits per heavy atom. The van der Waals surface area contributed by atoms with Crippen LogP contribution in [0.2, 0.25) is 0 Å². The summed E-state index contributed by atoms with van der Waals surface area (Å²) in [6.45, 7) is 2.89. The summed E-state index contributed by atoms with van der Waals surface area (Å²) in [5, 5.41) is 7.53. The molecule has 1 saturated heterocycles. The lowest BCUT2D eigenvalue weighted by atomic mass is 9.95. The number of hydrogen-bond acceptors (Lipinski definition) is 5. The van der Waals surface area contributed by atoms with Gasteiger partial charge in [0.2, 0.25) is 5.84 Å². The number of nitrogens with zero attached hydrogens (tertiary/aromatic N) is 3. The molecule has 172 valence electrons. The fourth-order valence-electron chi connectivity index (χ4n) is 4.50. The maximum atomic E-state index is 12.8. The number of aliphatic imine (C=N–C) groups is 1. The van der Waals surface area contributed by atoms with Gasteiger partial charge in [-0.05, 0) is 44.7 Å². The monoisotopic (exact) mass is 440 g/mol. The smallest absolute Gasteiger partial charge is 0.317 e. The van der Waals surface area contributed by atoms with E-state index in [4.69, 9.17) is 0 Å². The zero-order valence-electron chi connectivity index (χ0n) is 18.5. The molecule has 4 rings (SSSR count). The van der Waals surface area contributed by atoms with E-state index in [0.717, 1.165) is 12.8 Å². The first-order chi connectivity index (χ1) is 15.5. The molecule has 9 nitrogen and oxygen atoms in total. The first-order valence-electron chi connectivity index (χ1n) is 11.6. The molecule has 32 heavy (non-hydrogen) atoms. The highest BCUT2D eigenvalue weighted by Crippen LogP contribution is 2.19. The van der Waals surface area contributed by atoms with Crippen molar-refractivity contribution in [1.82, 2.24) is 21.0 Å². The lowest BCUT2D eigenvalue weighted by molar-refractivity contribution is -0.120. The summed E-state index contributed by atoms with van der Waals surface area (Å²) in [5.74, 6) is -0.432. The van der Waals surface area contributed by atoms with Crippen molar-refractivity contribution < 1.29 is 14.4 Å². The number of carbonyl (C=O) groups is 3. The second kappa shape index (κ2) is 10.0. The van der Waals surface area contributed by atoms with Crippen LogP contribution in [0.4, 0.5) is 10.5 Å². The average Bonchev–Trinajstić information content (AvgIpc) is 2.82. The molecule has 1 aromatic carbocycles. The zero-order valence-corrected chi connectivity index (χ0v) is 18.5. The lowest BCUT2D eigenvalue weighted by Crippen LogP contribution is -2.59. The van der Waals surface area contributed by atoms with Gasteiger partial charge in [-0.3, -0.25) is 15.0 Å². The summed E-state index contributed by atoms with van der Waals surface area (Å²) in [4.78, 5) is 44.0. The summed E-state index contributed by atoms with van der Waals surface area (Å²) in [6.07, 6.45) is 7.13. The van der Waals surface area contributed by atoms with E-state index in [9.17, 15) is 14.4 Å². The fraction of sp³-hybridized carbons (Fsp3) is 0.565. The van der Waals surface area contributed by atoms with Crippen LogP contribution < -0.4 is 21.1 Å². The number of hydrazine groups is 1. The summed E-state index contributed by atoms with van der Waals surface area (Å²) in [6, 6.07) is 8.74. The minimum absolute atomic E-state index is 0.00541. The highest BCUT2D eigenvalue weighted by Gasteiger charge is 2.32. The maximum Gasteiger partial charge on any atom is 0.317 e. The van der Waals surface area contributed by atoms with E-state index < -0.39 is 6.04 Å². The number of amidine groups is 1. The van der Waals surface area contributed by atoms with Gasteiger partial charge in [-0.1, -0.05) is 37.5 Å². The molecule has 1 unspecified atom stereocenters. The van der Waals surface area contributed by atoms with Crippen LogP contribution in [0.3, 0.4) is 0 Å². The van der Waals surface area contributed by atoms with Crippen LogP contribution in [0.1, 0.15) is 51.9 Å². The molecule has 9 heteroatoms. The van der Waals surface area contributed by atoms with Crippen molar-refractivity contribution >= 4 is 29.4 Å². The van der Waals surface area contributed by atoms with Gasteiger partial charge in [0.1, 0.15) is 6.04 Å². The third-order valence-electron chi connectivity index (χ3n) is 6.40. The van der Waals surface area contributed by atoms with E-state index in [0.29, 0.717) is 37.7 Å². The van der Waals surface area contributed by atoms with Crippen LogP contribution >= 0.6 is 0 Å². The Kier molecular flexibility index (Phi) is 6.92. The lowest BCUT2D eigenvalue weighted by Gasteiger charge is -2.35. The minimum atomic E-state index is -0.650. The standard InChI is InChI=1S/C23H32N6O3/c1-16-22(31)29(19-10-6-3-7-11-19)27-20(24-16)21(30)25-18-12-14-28(15-13-18)23(32)26-17-8-4-2-5-9-17/h3,6-7,10-11,16-18H,2,4-5,8-9,12-15H2,1H3,(H,24,27)(H,25,30)(H,26,32). The Balaban J connectivity index is 1.28. The SMILES string of the molecule is CC1N=C(C(=O)NC2CCN(C(=O)NC3CCCCC3)CC2)NN(c2ccccc2)C1=O. The largest absolute Gasteiger partial charge is 0.346 e. The molecule has 0 spiro atoms. The number of piperidine rings is 1. The van der Waals surface area contributed by atoms with Crippen molar-refractivity contribution in [2.45, 2.75) is 70.0 Å². The number of urea groups is 1. The van der Waals surface area contributed by atoms with Gasteiger partial charge in [-0.15, -0.1) is 0 Å². The van der Waals surface area contributed by atoms with Gasteiger partial charge < -0.3 is 15.5 Å². The van der Waals surface area contributed by atoms with Gasteiger partial charge in [0, 0.05) is 25.2 Å². The number of likely N-dealkylation sites (tertiary alicyclic amines) is 1. The first kappa shape index (κ1) is 22.1. The van der Waals surface area contributed by atoms with Crippen LogP contribution in [0, 0.1) is 0 Å². The normalized spacial score (nSPS) is 22.7. The van der Waals surface area contributed by atoms with E-state index in [1.165, 1.54) is 24.3 Å². The predicted octanol–water partition coefficient (Wildman–Crippen LogP) is 1.95. The van der Waals surface area contributed by atoms with Gasteiger partial charge in [0.15, 0.2) is 0 Å². The van der Waals surface area contributed by atoms with Gasteiger partial charge >= 0.3 is 6.03 Å². The number of nitrogens with one attached hydrogen (secondary N) is 3. The average molecular weight is 441 g/mol. The fourth-order valence-corrected chi connectivity index (χ4v) is 4.50. The van der Waals surface area contributed by atoms with E-state index in [2.05, 4.69) is 21.1 Å². The van der Waals surface area contributed by atoms with E-state index >= 15 is 0 Å². The molecule has 3 aliphatic rings. The van der Waals surface area contributed by atoms with E-state index in [-0.39, 0.29) is 29.7 Å². The van der Waals surface area contributed by atoms with Crippen molar-refractivity contribution in [3.8, 4) is 0 Å². The molecule has 4 amide bonds. The minimum Gasteiger partial charge on any atom is -0.346 e. The van der Waals surface area contributed by atoms with E-state index in [1.807, 2.05) is 23.1 Å². The topological polar surface area (TPSA) is 106 Å². The molecule has 0 aromatic heterocycles. The summed E-state index contributed by atoms with van der Waals surface area (Å²) in [7, 11) is 0. The molecule has 0 radical (unpaired) electrons. The summed E-state index contributed by atoms with van der Waals surface area (Å²) < 4.78 is 0. The summed E-state index contributed by atoms with van der Waals surface area (Å²) >= 11 is 0. The van der Waals surface area contributed by atoms with E-state index in [1.54, 1.807) is 19.1 Å². The Morgan fingerprint density at radius 1 is 0.969 bits per heavy atom. The molecule has 1 saturated carbocycles. The van der Waals surface area contributed by atoms with Gasteiger partial charge in [-0.2, -0.15) is 0 Å². The number of carbonyl (C=O) groups excluding carboxylic acids is 3. The Bertz CT molecular complexity index is 860. The molecule has 2 heterocycles. The van der Waals surface area contributed by atoms with Gasteiger partial charge in [0.25, 0.3) is 11.8 Å². The highest BCUT2D eigenvalue weighted by molar-refractivity contribution is 6.39. The van der Waals surface area contributed by atoms with Crippen molar-refractivity contribution in [1.29, 1.82) is 0 Å². The highest BCUT2D eigenvalue weighted by atomic mass is 16.2.